The molecule has 0 unspecified atom stereocenters. The number of fused-ring (bicyclic) bond motifs is 2. The average Bonchev–Trinajstić information content (AvgIpc) is 2.75. The van der Waals surface area contributed by atoms with Gasteiger partial charge in [-0.05, 0) is 51.7 Å². The molecule has 0 aromatic heterocycles. The third-order valence-corrected chi connectivity index (χ3v) is 5.01. The number of hydrogen-bond acceptors (Lipinski definition) is 3. The van der Waals surface area contributed by atoms with Crippen molar-refractivity contribution in [1.82, 2.24) is 0 Å². The lowest BCUT2D eigenvalue weighted by Crippen LogP contribution is -1.95. The molecule has 4 rings (SSSR count). The van der Waals surface area contributed by atoms with Gasteiger partial charge >= 0.3 is 0 Å². The van der Waals surface area contributed by atoms with Gasteiger partial charge in [0, 0.05) is 18.3 Å². The van der Waals surface area contributed by atoms with Crippen LogP contribution in [0.25, 0.3) is 21.5 Å². The van der Waals surface area contributed by atoms with Crippen molar-refractivity contribution < 1.29 is 9.47 Å². The molecule has 0 aliphatic carbocycles. The fraction of sp³-hybridized carbons (Fsp3) is 0.160. The molecule has 0 radical (unpaired) electrons. The Bertz CT molecular complexity index is 1090. The van der Waals surface area contributed by atoms with Crippen LogP contribution in [-0.2, 0) is 6.42 Å². The molecule has 0 amide bonds. The molecule has 3 heteroatoms. The zero-order chi connectivity index (χ0) is 19.3. The summed E-state index contributed by atoms with van der Waals surface area (Å²) in [4.78, 5) is 4.74. The van der Waals surface area contributed by atoms with Gasteiger partial charge in [0.25, 0.3) is 0 Å². The third-order valence-electron chi connectivity index (χ3n) is 5.01. The summed E-state index contributed by atoms with van der Waals surface area (Å²) < 4.78 is 10.7. The van der Waals surface area contributed by atoms with E-state index in [0.717, 1.165) is 17.9 Å². The number of methoxy groups -OCH3 is 2. The van der Waals surface area contributed by atoms with Gasteiger partial charge in [0.1, 0.15) is 0 Å². The van der Waals surface area contributed by atoms with E-state index in [1.165, 1.54) is 32.7 Å². The number of ether oxygens (including phenoxy) is 2. The smallest absolute Gasteiger partial charge is 0.160 e. The molecule has 0 fully saturated rings. The molecule has 28 heavy (non-hydrogen) atoms. The Morgan fingerprint density at radius 3 is 2.04 bits per heavy atom. The lowest BCUT2D eigenvalue weighted by atomic mass is 9.97. The molecule has 0 spiro atoms. The van der Waals surface area contributed by atoms with Gasteiger partial charge in [0.05, 0.1) is 14.2 Å². The highest BCUT2D eigenvalue weighted by atomic mass is 16.5. The minimum absolute atomic E-state index is 0.715. The Balaban J connectivity index is 1.60. The van der Waals surface area contributed by atoms with Crippen molar-refractivity contribution in [2.75, 3.05) is 20.8 Å². The molecular formula is C25H23NO2. The van der Waals surface area contributed by atoms with Crippen molar-refractivity contribution in [3.8, 4) is 11.5 Å². The second-order valence-corrected chi connectivity index (χ2v) is 6.71. The zero-order valence-corrected chi connectivity index (χ0v) is 16.2. The Morgan fingerprint density at radius 2 is 1.39 bits per heavy atom. The number of benzene rings is 4. The van der Waals surface area contributed by atoms with Crippen LogP contribution < -0.4 is 9.47 Å². The van der Waals surface area contributed by atoms with Crippen molar-refractivity contribution in [3.05, 3.63) is 83.9 Å². The van der Waals surface area contributed by atoms with Crippen LogP contribution in [0.15, 0.2) is 77.8 Å². The summed E-state index contributed by atoms with van der Waals surface area (Å²) in [6.45, 7) is 0.715. The molecule has 4 aromatic rings. The Labute approximate surface area is 165 Å². The summed E-state index contributed by atoms with van der Waals surface area (Å²) >= 11 is 0. The first kappa shape index (κ1) is 18.1. The second kappa shape index (κ2) is 8.13. The van der Waals surface area contributed by atoms with Crippen LogP contribution in [0.5, 0.6) is 11.5 Å². The molecule has 0 N–H and O–H groups in total. The van der Waals surface area contributed by atoms with E-state index < -0.39 is 0 Å². The van der Waals surface area contributed by atoms with Gasteiger partial charge in [0.15, 0.2) is 11.5 Å². The van der Waals surface area contributed by atoms with Crippen LogP contribution >= 0.6 is 0 Å². The molecular weight excluding hydrogens is 346 g/mol. The predicted molar refractivity (Wildman–Crippen MR) is 117 cm³/mol. The van der Waals surface area contributed by atoms with Crippen LogP contribution in [0.1, 0.15) is 11.1 Å². The SMILES string of the molecule is COc1ccc(CCN=Cc2c3ccccc3cc3ccccc23)cc1OC. The molecule has 0 atom stereocenters. The largest absolute Gasteiger partial charge is 0.493 e. The maximum absolute atomic E-state index is 5.39. The maximum Gasteiger partial charge on any atom is 0.160 e. The highest BCUT2D eigenvalue weighted by Crippen LogP contribution is 2.28. The fourth-order valence-electron chi connectivity index (χ4n) is 3.57. The topological polar surface area (TPSA) is 30.8 Å². The Hall–Kier alpha value is -3.33. The molecule has 0 saturated heterocycles. The maximum atomic E-state index is 5.39. The summed E-state index contributed by atoms with van der Waals surface area (Å²) in [6.07, 6.45) is 2.87. The van der Waals surface area contributed by atoms with Crippen molar-refractivity contribution in [1.29, 1.82) is 0 Å². The molecule has 0 bridgehead atoms. The van der Waals surface area contributed by atoms with Gasteiger partial charge in [-0.15, -0.1) is 0 Å². The number of nitrogens with zero attached hydrogens (tertiary/aromatic N) is 1. The van der Waals surface area contributed by atoms with E-state index >= 15 is 0 Å². The minimum atomic E-state index is 0.715. The third kappa shape index (κ3) is 3.56. The molecule has 0 saturated carbocycles. The Morgan fingerprint density at radius 1 is 0.750 bits per heavy atom. The van der Waals surface area contributed by atoms with Crippen LogP contribution in [0, 0.1) is 0 Å². The average molecular weight is 369 g/mol. The Kier molecular flexibility index (Phi) is 5.24. The van der Waals surface area contributed by atoms with E-state index in [2.05, 4.69) is 60.7 Å². The molecule has 0 aliphatic rings. The molecule has 3 nitrogen and oxygen atoms in total. The van der Waals surface area contributed by atoms with Crippen LogP contribution in [-0.4, -0.2) is 27.0 Å². The van der Waals surface area contributed by atoms with Gasteiger partial charge in [-0.2, -0.15) is 0 Å². The van der Waals surface area contributed by atoms with Gasteiger partial charge in [0.2, 0.25) is 0 Å². The lowest BCUT2D eigenvalue weighted by Gasteiger charge is -2.09. The zero-order valence-electron chi connectivity index (χ0n) is 16.2. The van der Waals surface area contributed by atoms with E-state index in [4.69, 9.17) is 14.5 Å². The van der Waals surface area contributed by atoms with Crippen LogP contribution in [0.2, 0.25) is 0 Å². The number of rotatable bonds is 6. The first-order chi connectivity index (χ1) is 13.8. The summed E-state index contributed by atoms with van der Waals surface area (Å²) in [5.74, 6) is 1.50. The summed E-state index contributed by atoms with van der Waals surface area (Å²) in [7, 11) is 3.31. The fourth-order valence-corrected chi connectivity index (χ4v) is 3.57. The van der Waals surface area contributed by atoms with Crippen molar-refractivity contribution >= 4 is 27.8 Å². The van der Waals surface area contributed by atoms with Crippen LogP contribution in [0.4, 0.5) is 0 Å². The van der Waals surface area contributed by atoms with Gasteiger partial charge in [-0.3, -0.25) is 4.99 Å². The summed E-state index contributed by atoms with van der Waals surface area (Å²) in [6, 6.07) is 25.2. The van der Waals surface area contributed by atoms with Gasteiger partial charge in [-0.25, -0.2) is 0 Å². The molecule has 4 aromatic carbocycles. The normalized spacial score (nSPS) is 11.4. The first-order valence-electron chi connectivity index (χ1n) is 9.41. The van der Waals surface area contributed by atoms with E-state index in [1.807, 2.05) is 18.3 Å². The monoisotopic (exact) mass is 369 g/mol. The molecule has 0 heterocycles. The van der Waals surface area contributed by atoms with E-state index in [9.17, 15) is 0 Å². The highest BCUT2D eigenvalue weighted by molar-refractivity contribution is 6.13. The molecule has 0 aliphatic heterocycles. The molecule has 140 valence electrons. The predicted octanol–water partition coefficient (Wildman–Crippen LogP) is 5.67. The lowest BCUT2D eigenvalue weighted by molar-refractivity contribution is 0.354. The van der Waals surface area contributed by atoms with Crippen molar-refractivity contribution in [2.45, 2.75) is 6.42 Å². The van der Waals surface area contributed by atoms with Crippen molar-refractivity contribution in [2.24, 2.45) is 4.99 Å². The quantitative estimate of drug-likeness (QED) is 0.324. The van der Waals surface area contributed by atoms with Crippen molar-refractivity contribution in [3.63, 3.8) is 0 Å². The summed E-state index contributed by atoms with van der Waals surface area (Å²) in [5.41, 5.74) is 2.36. The van der Waals surface area contributed by atoms with Crippen LogP contribution in [0.3, 0.4) is 0 Å². The second-order valence-electron chi connectivity index (χ2n) is 6.71. The number of aliphatic imine (C=N–C) groups is 1. The highest BCUT2D eigenvalue weighted by Gasteiger charge is 2.06. The van der Waals surface area contributed by atoms with Gasteiger partial charge < -0.3 is 9.47 Å². The van der Waals surface area contributed by atoms with E-state index in [1.54, 1.807) is 14.2 Å². The minimum Gasteiger partial charge on any atom is -0.493 e. The van der Waals surface area contributed by atoms with Gasteiger partial charge in [-0.1, -0.05) is 54.6 Å². The first-order valence-corrected chi connectivity index (χ1v) is 9.41. The standard InChI is InChI=1S/C25H23NO2/c1-27-24-12-11-18(15-25(24)28-2)13-14-26-17-23-21-9-5-3-7-19(21)16-20-8-4-6-10-22(20)23/h3-12,15-17H,13-14H2,1-2H3. The summed E-state index contributed by atoms with van der Waals surface area (Å²) in [5, 5.41) is 4.94. The van der Waals surface area contributed by atoms with E-state index in [0.29, 0.717) is 6.54 Å². The number of hydrogen-bond donors (Lipinski definition) is 0. The van der Waals surface area contributed by atoms with E-state index in [-0.39, 0.29) is 0 Å².